The smallest absolute Gasteiger partial charge is 0.313 e. The number of methoxy groups -OCH3 is 1. The van der Waals surface area contributed by atoms with Gasteiger partial charge in [0, 0.05) is 31.4 Å². The zero-order valence-corrected chi connectivity index (χ0v) is 30.5. The highest BCUT2D eigenvalue weighted by molar-refractivity contribution is 9.09. The number of aliphatic hydroxyl groups is 1. The third-order valence-corrected chi connectivity index (χ3v) is 10.8. The number of hydrogen-bond acceptors (Lipinski definition) is 8. The molecule has 2 aromatic carbocycles. The minimum atomic E-state index is -1.41. The van der Waals surface area contributed by atoms with Gasteiger partial charge in [0.15, 0.2) is 0 Å². The van der Waals surface area contributed by atoms with Crippen LogP contribution in [-0.4, -0.2) is 95.7 Å². The van der Waals surface area contributed by atoms with E-state index in [1.807, 2.05) is 19.1 Å². The molecule has 3 saturated heterocycles. The number of nitrogens with zero attached hydrogens (tertiary/aromatic N) is 2. The van der Waals surface area contributed by atoms with E-state index in [-0.39, 0.29) is 38.4 Å². The van der Waals surface area contributed by atoms with E-state index >= 15 is 0 Å². The molecule has 3 amide bonds. The number of nitrogens with one attached hydrogen (secondary N) is 1. The Morgan fingerprint density at radius 3 is 2.58 bits per heavy atom. The van der Waals surface area contributed by atoms with Gasteiger partial charge in [0.25, 0.3) is 5.91 Å². The molecule has 268 valence electrons. The van der Waals surface area contributed by atoms with Crippen LogP contribution in [0.5, 0.6) is 0 Å². The van der Waals surface area contributed by atoms with Crippen molar-refractivity contribution in [3.05, 3.63) is 90.0 Å². The Morgan fingerprint density at radius 1 is 1.20 bits per heavy atom. The number of hydrogen-bond donors (Lipinski definition) is 2. The fraction of sp³-hybridized carbons (Fsp3) is 0.459. The van der Waals surface area contributed by atoms with Crippen molar-refractivity contribution in [1.29, 1.82) is 0 Å². The van der Waals surface area contributed by atoms with Gasteiger partial charge >= 0.3 is 5.97 Å². The van der Waals surface area contributed by atoms with E-state index in [1.54, 1.807) is 48.6 Å². The number of ether oxygens (including phenoxy) is 3. The summed E-state index contributed by atoms with van der Waals surface area (Å²) in [5.41, 5.74) is 0.418. The van der Waals surface area contributed by atoms with Crippen LogP contribution in [0.4, 0.5) is 5.69 Å². The number of carbonyl (C=O) groups is 4. The molecule has 2 aromatic rings. The summed E-state index contributed by atoms with van der Waals surface area (Å²) >= 11 is 10.3. The lowest BCUT2D eigenvalue weighted by atomic mass is 9.70. The number of carbonyl (C=O) groups excluding carboxylic acids is 4. The van der Waals surface area contributed by atoms with Crippen molar-refractivity contribution in [3.63, 3.8) is 0 Å². The van der Waals surface area contributed by atoms with Crippen LogP contribution in [0.3, 0.4) is 0 Å². The van der Waals surface area contributed by atoms with Crippen molar-refractivity contribution in [2.45, 2.75) is 60.9 Å². The van der Waals surface area contributed by atoms with Gasteiger partial charge in [0.05, 0.1) is 47.9 Å². The molecular formula is C37H43BrClN3O8. The first-order valence-corrected chi connectivity index (χ1v) is 17.9. The van der Waals surface area contributed by atoms with Crippen molar-refractivity contribution < 1.29 is 38.5 Å². The molecule has 8 atom stereocenters. The van der Waals surface area contributed by atoms with Gasteiger partial charge in [-0.05, 0) is 37.0 Å². The quantitative estimate of drug-likeness (QED) is 0.147. The summed E-state index contributed by atoms with van der Waals surface area (Å²) in [5, 5.41) is 13.4. The van der Waals surface area contributed by atoms with Gasteiger partial charge in [-0.1, -0.05) is 82.1 Å². The molecular weight excluding hydrogens is 730 g/mol. The number of para-hydroxylation sites is 1. The fourth-order valence-electron chi connectivity index (χ4n) is 7.68. The highest BCUT2D eigenvalue weighted by atomic mass is 79.9. The zero-order chi connectivity index (χ0) is 36.2. The summed E-state index contributed by atoms with van der Waals surface area (Å²) in [6, 6.07) is 12.3. The van der Waals surface area contributed by atoms with Gasteiger partial charge in [0.1, 0.15) is 17.7 Å². The Labute approximate surface area is 305 Å². The number of likely N-dealkylation sites (tertiary alicyclic amines) is 1. The number of alkyl halides is 1. The molecule has 3 aliphatic heterocycles. The van der Waals surface area contributed by atoms with Gasteiger partial charge < -0.3 is 34.4 Å². The minimum absolute atomic E-state index is 0.0338. The molecule has 0 radical (unpaired) electrons. The second kappa shape index (κ2) is 16.2. The van der Waals surface area contributed by atoms with Crippen LogP contribution >= 0.6 is 27.5 Å². The summed E-state index contributed by atoms with van der Waals surface area (Å²) in [7, 11) is 1.49. The van der Waals surface area contributed by atoms with Crippen molar-refractivity contribution in [2.24, 2.45) is 11.8 Å². The molecule has 5 rings (SSSR count). The Morgan fingerprint density at radius 2 is 1.94 bits per heavy atom. The van der Waals surface area contributed by atoms with Crippen molar-refractivity contribution in [3.8, 4) is 0 Å². The first kappa shape index (κ1) is 37.7. The molecule has 13 heteroatoms. The second-order valence-electron chi connectivity index (χ2n) is 12.8. The van der Waals surface area contributed by atoms with Gasteiger partial charge in [-0.15, -0.1) is 13.2 Å². The Hall–Kier alpha value is -3.55. The Balaban J connectivity index is 1.52. The number of fused-ring (bicyclic) bond motifs is 1. The lowest BCUT2D eigenvalue weighted by molar-refractivity contribution is -0.163. The molecule has 1 spiro atoms. The number of halogens is 2. The lowest BCUT2D eigenvalue weighted by Crippen LogP contribution is -2.57. The summed E-state index contributed by atoms with van der Waals surface area (Å²) in [5.74, 6) is -4.11. The molecule has 50 heavy (non-hydrogen) atoms. The van der Waals surface area contributed by atoms with Crippen LogP contribution < -0.4 is 10.2 Å². The number of β-amino-alcohol motifs (C(OH)–C–C–N with tert-alkyl or cyclic N) is 1. The number of aryl methyl sites for hydroxylation is 1. The molecule has 2 N–H and O–H groups in total. The minimum Gasteiger partial charge on any atom is -0.455 e. The average Bonchev–Trinajstić information content (AvgIpc) is 3.69. The van der Waals surface area contributed by atoms with E-state index < -0.39 is 70.9 Å². The molecule has 3 heterocycles. The number of anilines is 1. The van der Waals surface area contributed by atoms with Crippen molar-refractivity contribution in [2.75, 3.05) is 38.3 Å². The largest absolute Gasteiger partial charge is 0.455 e. The maximum absolute atomic E-state index is 14.8. The van der Waals surface area contributed by atoms with E-state index in [2.05, 4.69) is 34.4 Å². The predicted molar refractivity (Wildman–Crippen MR) is 192 cm³/mol. The molecule has 2 bridgehead atoms. The maximum atomic E-state index is 14.8. The number of benzene rings is 2. The normalized spacial score (nSPS) is 26.2. The van der Waals surface area contributed by atoms with Crippen LogP contribution in [0.25, 0.3) is 0 Å². The number of rotatable bonds is 16. The summed E-state index contributed by atoms with van der Waals surface area (Å²) in [6.07, 6.45) is 2.35. The molecule has 1 unspecified atom stereocenters. The number of aliphatic hydroxyl groups excluding tert-OH is 1. The van der Waals surface area contributed by atoms with E-state index in [1.165, 1.54) is 16.9 Å². The van der Waals surface area contributed by atoms with E-state index in [0.717, 1.165) is 5.56 Å². The number of allylic oxidation sites excluding steroid dienone is 1. The van der Waals surface area contributed by atoms with Gasteiger partial charge in [-0.25, -0.2) is 0 Å². The summed E-state index contributed by atoms with van der Waals surface area (Å²) in [6.45, 7) is 8.90. The van der Waals surface area contributed by atoms with Gasteiger partial charge in [-0.2, -0.15) is 0 Å². The topological polar surface area (TPSA) is 135 Å². The molecule has 0 aliphatic carbocycles. The maximum Gasteiger partial charge on any atom is 0.313 e. The first-order chi connectivity index (χ1) is 24.0. The summed E-state index contributed by atoms with van der Waals surface area (Å²) in [4.78, 5) is 58.9. The van der Waals surface area contributed by atoms with E-state index in [4.69, 9.17) is 25.8 Å². The SMILES string of the molecule is C=CCCC(=O)N[C@@H](COC)[C@@H](OC(=O)[C@H]1[C@@H]2O[C@@]3(CC2Br)[C@@H]1C(=O)N(CCO)[C@@H]3C(=O)N(CC=C)c1c(C)cccc1Cl)c1ccccc1. The number of esters is 1. The summed E-state index contributed by atoms with van der Waals surface area (Å²) < 4.78 is 18.4. The average molecular weight is 773 g/mol. The highest BCUT2D eigenvalue weighted by Gasteiger charge is 2.77. The van der Waals surface area contributed by atoms with E-state index in [0.29, 0.717) is 22.7 Å². The third-order valence-electron chi connectivity index (χ3n) is 9.68. The zero-order valence-electron chi connectivity index (χ0n) is 28.1. The van der Waals surface area contributed by atoms with Crippen LogP contribution in [0, 0.1) is 18.8 Å². The standard InChI is InChI=1S/C37H43BrClN3O8/c1-5-7-16-27(44)40-26(21-48-4)31(23-13-9-8-10-14-23)49-36(47)28-29-34(45)42(18-19-43)33(37(29)20-24(38)32(28)50-37)35(46)41(17-6-2)30-22(3)12-11-15-25(30)39/h5-6,8-15,24,26,28-29,31-33,43H,1-2,7,16-21H2,3-4H3,(H,40,44)/t24?,26-,28+,29-,31-,32+,33+,37-/m0/s1. The molecule has 0 aromatic heterocycles. The van der Waals surface area contributed by atoms with Crippen molar-refractivity contribution >= 4 is 56.9 Å². The van der Waals surface area contributed by atoms with Crippen LogP contribution in [0.2, 0.25) is 5.02 Å². The van der Waals surface area contributed by atoms with Crippen molar-refractivity contribution in [1.82, 2.24) is 10.2 Å². The third kappa shape index (κ3) is 7.01. The fourth-order valence-corrected chi connectivity index (χ4v) is 8.95. The highest BCUT2D eigenvalue weighted by Crippen LogP contribution is 2.60. The Kier molecular flexibility index (Phi) is 12.2. The number of amides is 3. The second-order valence-corrected chi connectivity index (χ2v) is 14.4. The lowest BCUT2D eigenvalue weighted by Gasteiger charge is -2.37. The Bertz CT molecular complexity index is 1590. The van der Waals surface area contributed by atoms with Gasteiger partial charge in [0.2, 0.25) is 11.8 Å². The molecule has 11 nitrogen and oxygen atoms in total. The molecule has 0 saturated carbocycles. The monoisotopic (exact) mass is 771 g/mol. The van der Waals surface area contributed by atoms with Crippen LogP contribution in [-0.2, 0) is 33.4 Å². The van der Waals surface area contributed by atoms with E-state index in [9.17, 15) is 24.3 Å². The van der Waals surface area contributed by atoms with Crippen LogP contribution in [0.15, 0.2) is 73.8 Å². The first-order valence-electron chi connectivity index (χ1n) is 16.6. The van der Waals surface area contributed by atoms with Crippen LogP contribution in [0.1, 0.15) is 36.5 Å². The molecule has 3 aliphatic rings. The van der Waals surface area contributed by atoms with Gasteiger partial charge in [-0.3, -0.25) is 19.2 Å². The molecule has 3 fully saturated rings. The predicted octanol–water partition coefficient (Wildman–Crippen LogP) is 4.29.